The molecule has 0 heterocycles. The molecule has 2 heteroatoms. The van der Waals surface area contributed by atoms with Crippen LogP contribution in [0.1, 0.15) is 18.1 Å². The molecule has 2 aromatic rings. The van der Waals surface area contributed by atoms with Crippen LogP contribution in [0.4, 0.5) is 10.1 Å². The molecule has 94 valence electrons. The van der Waals surface area contributed by atoms with E-state index < -0.39 is 0 Å². The van der Waals surface area contributed by atoms with E-state index in [1.54, 1.807) is 0 Å². The molecule has 2 rings (SSSR count). The summed E-state index contributed by atoms with van der Waals surface area (Å²) in [5, 5.41) is 3.48. The topological polar surface area (TPSA) is 12.0 Å². The van der Waals surface area contributed by atoms with Crippen molar-refractivity contribution < 1.29 is 4.39 Å². The molecule has 1 nitrogen and oxygen atoms in total. The van der Waals surface area contributed by atoms with Crippen LogP contribution in [0.3, 0.4) is 0 Å². The Kier molecular flexibility index (Phi) is 3.98. The third-order valence-corrected chi connectivity index (χ3v) is 3.00. The van der Waals surface area contributed by atoms with E-state index in [4.69, 9.17) is 0 Å². The molecule has 0 aliphatic rings. The normalized spacial score (nSPS) is 12.2. The van der Waals surface area contributed by atoms with E-state index in [9.17, 15) is 4.39 Å². The van der Waals surface area contributed by atoms with Crippen LogP contribution < -0.4 is 5.32 Å². The Hall–Kier alpha value is -1.83. The van der Waals surface area contributed by atoms with Gasteiger partial charge in [0.05, 0.1) is 0 Å². The fourth-order valence-electron chi connectivity index (χ4n) is 2.03. The first kappa shape index (κ1) is 12.6. The first-order chi connectivity index (χ1) is 8.65. The van der Waals surface area contributed by atoms with Gasteiger partial charge in [0.25, 0.3) is 0 Å². The van der Waals surface area contributed by atoms with E-state index in [-0.39, 0.29) is 5.82 Å². The highest BCUT2D eigenvalue weighted by molar-refractivity contribution is 5.51. The minimum Gasteiger partial charge on any atom is -0.382 e. The van der Waals surface area contributed by atoms with E-state index in [1.807, 2.05) is 24.3 Å². The summed E-state index contributed by atoms with van der Waals surface area (Å²) in [5.41, 5.74) is 3.54. The summed E-state index contributed by atoms with van der Waals surface area (Å²) in [4.78, 5) is 0. The highest BCUT2D eigenvalue weighted by Gasteiger charge is 2.05. The molecule has 1 N–H and O–H groups in total. The van der Waals surface area contributed by atoms with Crippen LogP contribution in [0.5, 0.6) is 0 Å². The first-order valence-corrected chi connectivity index (χ1v) is 6.22. The molecule has 2 aromatic carbocycles. The molecule has 1 atom stereocenters. The molecule has 0 bridgehead atoms. The fraction of sp³-hybridized carbons (Fsp3) is 0.250. The quantitative estimate of drug-likeness (QED) is 0.849. The van der Waals surface area contributed by atoms with Crippen LogP contribution >= 0.6 is 0 Å². The van der Waals surface area contributed by atoms with E-state index in [0.717, 1.165) is 17.7 Å². The summed E-state index contributed by atoms with van der Waals surface area (Å²) in [6.45, 7) is 4.22. The summed E-state index contributed by atoms with van der Waals surface area (Å²) in [6, 6.07) is 15.2. The van der Waals surface area contributed by atoms with Gasteiger partial charge in [-0.25, -0.2) is 4.39 Å². The van der Waals surface area contributed by atoms with E-state index in [1.165, 1.54) is 17.7 Å². The van der Waals surface area contributed by atoms with Crippen LogP contribution in [0, 0.1) is 12.7 Å². The molecule has 0 aliphatic carbocycles. The van der Waals surface area contributed by atoms with Crippen LogP contribution in [-0.2, 0) is 6.42 Å². The second-order valence-corrected chi connectivity index (χ2v) is 4.69. The summed E-state index contributed by atoms with van der Waals surface area (Å²) < 4.78 is 12.8. The van der Waals surface area contributed by atoms with Crippen LogP contribution in [0.25, 0.3) is 0 Å². The molecule has 0 aliphatic heterocycles. The Bertz CT molecular complexity index is 505. The minimum atomic E-state index is -0.182. The number of aryl methyl sites for hydroxylation is 1. The van der Waals surface area contributed by atoms with E-state index >= 15 is 0 Å². The number of hydrogen-bond donors (Lipinski definition) is 1. The van der Waals surface area contributed by atoms with Gasteiger partial charge < -0.3 is 5.32 Å². The first-order valence-electron chi connectivity index (χ1n) is 6.22. The zero-order chi connectivity index (χ0) is 13.0. The zero-order valence-corrected chi connectivity index (χ0v) is 10.8. The van der Waals surface area contributed by atoms with Gasteiger partial charge in [-0.15, -0.1) is 0 Å². The van der Waals surface area contributed by atoms with Gasteiger partial charge in [-0.05, 0) is 49.6 Å². The number of benzene rings is 2. The summed E-state index contributed by atoms with van der Waals surface area (Å²) in [5.74, 6) is -0.182. The standard InChI is InChI=1S/C16H18FN/c1-12-5-3-4-6-16(12)18-13(2)11-14-7-9-15(17)10-8-14/h3-10,13,18H,11H2,1-2H3. The van der Waals surface area contributed by atoms with Gasteiger partial charge in [-0.2, -0.15) is 0 Å². The van der Waals surface area contributed by atoms with Gasteiger partial charge in [0.1, 0.15) is 5.82 Å². The lowest BCUT2D eigenvalue weighted by Crippen LogP contribution is -2.18. The van der Waals surface area contributed by atoms with Crippen molar-refractivity contribution in [3.05, 3.63) is 65.5 Å². The summed E-state index contributed by atoms with van der Waals surface area (Å²) >= 11 is 0. The van der Waals surface area contributed by atoms with Crippen molar-refractivity contribution in [1.29, 1.82) is 0 Å². The molecule has 0 amide bonds. The van der Waals surface area contributed by atoms with Crippen molar-refractivity contribution in [2.24, 2.45) is 0 Å². The number of nitrogens with one attached hydrogen (secondary N) is 1. The predicted molar refractivity (Wildman–Crippen MR) is 74.4 cm³/mol. The predicted octanol–water partition coefficient (Wildman–Crippen LogP) is 4.18. The Morgan fingerprint density at radius 3 is 2.39 bits per heavy atom. The van der Waals surface area contributed by atoms with Crippen molar-refractivity contribution in [3.8, 4) is 0 Å². The highest BCUT2D eigenvalue weighted by Crippen LogP contribution is 2.16. The number of rotatable bonds is 4. The average Bonchev–Trinajstić information content (AvgIpc) is 2.35. The molecule has 0 spiro atoms. The Morgan fingerprint density at radius 1 is 1.06 bits per heavy atom. The lowest BCUT2D eigenvalue weighted by Gasteiger charge is -2.17. The third kappa shape index (κ3) is 3.33. The summed E-state index contributed by atoms with van der Waals surface area (Å²) in [7, 11) is 0. The van der Waals surface area contributed by atoms with Crippen molar-refractivity contribution in [3.63, 3.8) is 0 Å². The largest absolute Gasteiger partial charge is 0.382 e. The molecular weight excluding hydrogens is 225 g/mol. The van der Waals surface area contributed by atoms with Gasteiger partial charge in [0, 0.05) is 11.7 Å². The molecule has 0 aromatic heterocycles. The van der Waals surface area contributed by atoms with Gasteiger partial charge in [-0.1, -0.05) is 30.3 Å². The Morgan fingerprint density at radius 2 is 1.72 bits per heavy atom. The molecule has 0 saturated carbocycles. The lowest BCUT2D eigenvalue weighted by atomic mass is 10.1. The maximum Gasteiger partial charge on any atom is 0.123 e. The van der Waals surface area contributed by atoms with Crippen LogP contribution in [0.2, 0.25) is 0 Å². The van der Waals surface area contributed by atoms with Gasteiger partial charge in [0.15, 0.2) is 0 Å². The summed E-state index contributed by atoms with van der Waals surface area (Å²) in [6.07, 6.45) is 0.884. The van der Waals surface area contributed by atoms with Crippen molar-refractivity contribution >= 4 is 5.69 Å². The molecule has 1 unspecified atom stereocenters. The lowest BCUT2D eigenvalue weighted by molar-refractivity contribution is 0.626. The average molecular weight is 243 g/mol. The second-order valence-electron chi connectivity index (χ2n) is 4.69. The second kappa shape index (κ2) is 5.67. The maximum absolute atomic E-state index is 12.8. The van der Waals surface area contributed by atoms with E-state index in [2.05, 4.69) is 31.3 Å². The smallest absolute Gasteiger partial charge is 0.123 e. The molecule has 0 fully saturated rings. The van der Waals surface area contributed by atoms with Crippen molar-refractivity contribution in [2.75, 3.05) is 5.32 Å². The van der Waals surface area contributed by atoms with Crippen LogP contribution in [-0.4, -0.2) is 6.04 Å². The fourth-order valence-corrected chi connectivity index (χ4v) is 2.03. The van der Waals surface area contributed by atoms with Gasteiger partial charge in [-0.3, -0.25) is 0 Å². The number of hydrogen-bond acceptors (Lipinski definition) is 1. The molecule has 0 saturated heterocycles. The third-order valence-electron chi connectivity index (χ3n) is 3.00. The maximum atomic E-state index is 12.8. The SMILES string of the molecule is Cc1ccccc1NC(C)Cc1ccc(F)cc1. The van der Waals surface area contributed by atoms with Gasteiger partial charge in [0.2, 0.25) is 0 Å². The Balaban J connectivity index is 1.99. The number of halogens is 1. The Labute approximate surface area is 108 Å². The van der Waals surface area contributed by atoms with Crippen molar-refractivity contribution in [1.82, 2.24) is 0 Å². The highest BCUT2D eigenvalue weighted by atomic mass is 19.1. The molecular formula is C16H18FN. The number of anilines is 1. The molecule has 0 radical (unpaired) electrons. The number of para-hydroxylation sites is 1. The zero-order valence-electron chi connectivity index (χ0n) is 10.8. The monoisotopic (exact) mass is 243 g/mol. The van der Waals surface area contributed by atoms with Gasteiger partial charge >= 0.3 is 0 Å². The van der Waals surface area contributed by atoms with E-state index in [0.29, 0.717) is 6.04 Å². The minimum absolute atomic E-state index is 0.182. The van der Waals surface area contributed by atoms with Crippen molar-refractivity contribution in [2.45, 2.75) is 26.3 Å². The molecule has 18 heavy (non-hydrogen) atoms. The van der Waals surface area contributed by atoms with Crippen LogP contribution in [0.15, 0.2) is 48.5 Å².